The van der Waals surface area contributed by atoms with Crippen LogP contribution in [0.3, 0.4) is 0 Å². The number of hydrogen-bond acceptors (Lipinski definition) is 6. The second kappa shape index (κ2) is 9.34. The number of rotatable bonds is 7. The minimum atomic E-state index is -0.447. The lowest BCUT2D eigenvalue weighted by atomic mass is 10.1. The average molecular weight is 468 g/mol. The molecule has 0 spiro atoms. The molecule has 1 unspecified atom stereocenters. The number of nitrogens with zero attached hydrogens (tertiary/aromatic N) is 2. The van der Waals surface area contributed by atoms with Gasteiger partial charge < -0.3 is 9.73 Å². The summed E-state index contributed by atoms with van der Waals surface area (Å²) in [5, 5.41) is 3.62. The lowest BCUT2D eigenvalue weighted by molar-refractivity contribution is -0.120. The fourth-order valence-corrected chi connectivity index (χ4v) is 5.75. The molecular formula is C24H25N3O3S2. The number of benzene rings is 1. The highest BCUT2D eigenvalue weighted by Crippen LogP contribution is 2.32. The summed E-state index contributed by atoms with van der Waals surface area (Å²) in [7, 11) is 0. The van der Waals surface area contributed by atoms with E-state index in [4.69, 9.17) is 9.40 Å². The molecule has 0 fully saturated rings. The first-order valence-corrected chi connectivity index (χ1v) is 12.2. The van der Waals surface area contributed by atoms with Gasteiger partial charge in [-0.3, -0.25) is 14.2 Å². The zero-order valence-corrected chi connectivity index (χ0v) is 20.1. The van der Waals surface area contributed by atoms with E-state index in [2.05, 4.69) is 12.2 Å². The molecule has 6 nitrogen and oxygen atoms in total. The largest absolute Gasteiger partial charge is 0.467 e. The van der Waals surface area contributed by atoms with E-state index >= 15 is 0 Å². The average Bonchev–Trinajstić information content (AvgIpc) is 3.39. The van der Waals surface area contributed by atoms with Crippen molar-refractivity contribution in [2.24, 2.45) is 0 Å². The number of thioether (sulfide) groups is 1. The molecule has 32 heavy (non-hydrogen) atoms. The van der Waals surface area contributed by atoms with Crippen molar-refractivity contribution in [3.63, 3.8) is 0 Å². The molecule has 0 saturated carbocycles. The number of aromatic nitrogens is 2. The highest BCUT2D eigenvalue weighted by atomic mass is 32.2. The lowest BCUT2D eigenvalue weighted by Crippen LogP contribution is -2.31. The summed E-state index contributed by atoms with van der Waals surface area (Å²) in [5.41, 5.74) is 2.75. The summed E-state index contributed by atoms with van der Waals surface area (Å²) < 4.78 is 6.92. The minimum absolute atomic E-state index is 0.0903. The summed E-state index contributed by atoms with van der Waals surface area (Å²) in [6.07, 6.45) is 2.35. The Labute approximate surface area is 194 Å². The van der Waals surface area contributed by atoms with Crippen molar-refractivity contribution in [1.29, 1.82) is 0 Å². The van der Waals surface area contributed by atoms with Crippen molar-refractivity contribution in [1.82, 2.24) is 14.9 Å². The molecule has 3 heterocycles. The Morgan fingerprint density at radius 3 is 2.78 bits per heavy atom. The number of furan rings is 1. The first kappa shape index (κ1) is 22.4. The zero-order chi connectivity index (χ0) is 22.8. The van der Waals surface area contributed by atoms with Crippen LogP contribution in [0.2, 0.25) is 0 Å². The molecule has 1 amide bonds. The molecule has 4 aromatic rings. The molecular weight excluding hydrogens is 442 g/mol. The zero-order valence-electron chi connectivity index (χ0n) is 18.5. The van der Waals surface area contributed by atoms with Gasteiger partial charge in [0.05, 0.1) is 29.1 Å². The topological polar surface area (TPSA) is 77.1 Å². The maximum atomic E-state index is 13.7. The van der Waals surface area contributed by atoms with Gasteiger partial charge in [-0.25, -0.2) is 4.98 Å². The fraction of sp³-hybridized carbons (Fsp3) is 0.292. The van der Waals surface area contributed by atoms with Gasteiger partial charge in [0.1, 0.15) is 10.6 Å². The summed E-state index contributed by atoms with van der Waals surface area (Å²) in [5.74, 6) is 0.543. The molecule has 0 radical (unpaired) electrons. The minimum Gasteiger partial charge on any atom is -0.467 e. The molecule has 0 aliphatic rings. The molecule has 0 aliphatic heterocycles. The highest BCUT2D eigenvalue weighted by Gasteiger charge is 2.23. The lowest BCUT2D eigenvalue weighted by Gasteiger charge is -2.16. The van der Waals surface area contributed by atoms with Crippen LogP contribution in [0.15, 0.2) is 57.0 Å². The van der Waals surface area contributed by atoms with Crippen LogP contribution in [0.4, 0.5) is 0 Å². The van der Waals surface area contributed by atoms with Crippen molar-refractivity contribution >= 4 is 39.2 Å². The van der Waals surface area contributed by atoms with Crippen molar-refractivity contribution in [3.8, 4) is 5.69 Å². The number of nitrogens with one attached hydrogen (secondary N) is 1. The van der Waals surface area contributed by atoms with Crippen LogP contribution in [-0.2, 0) is 17.8 Å². The third-order valence-corrected chi connectivity index (χ3v) is 7.37. The molecule has 0 aliphatic carbocycles. The molecule has 8 heteroatoms. The van der Waals surface area contributed by atoms with E-state index in [1.165, 1.54) is 23.1 Å². The number of aryl methyl sites for hydroxylation is 3. The summed E-state index contributed by atoms with van der Waals surface area (Å²) in [6, 6.07) is 11.4. The van der Waals surface area contributed by atoms with Gasteiger partial charge in [0.15, 0.2) is 5.16 Å². The van der Waals surface area contributed by atoms with Crippen LogP contribution in [0.1, 0.15) is 35.6 Å². The Kier molecular flexibility index (Phi) is 6.53. The summed E-state index contributed by atoms with van der Waals surface area (Å²) >= 11 is 2.82. The van der Waals surface area contributed by atoms with Gasteiger partial charge in [0, 0.05) is 4.88 Å². The standard InChI is InChI=1S/C24H25N3O3S2/c1-5-19-15(3)31-22-20(19)23(29)27(17-9-6-8-14(2)12-17)24(26-22)32-16(4)21(28)25-13-18-10-7-11-30-18/h6-12,16H,5,13H2,1-4H3,(H,25,28). The summed E-state index contributed by atoms with van der Waals surface area (Å²) in [4.78, 5) is 33.1. The van der Waals surface area contributed by atoms with Gasteiger partial charge in [-0.2, -0.15) is 0 Å². The Balaban J connectivity index is 1.74. The van der Waals surface area contributed by atoms with E-state index in [0.29, 0.717) is 22.8 Å². The number of carbonyl (C=O) groups is 1. The van der Waals surface area contributed by atoms with E-state index in [1.807, 2.05) is 51.1 Å². The number of thiophene rings is 1. The second-order valence-electron chi connectivity index (χ2n) is 7.60. The van der Waals surface area contributed by atoms with Crippen LogP contribution in [0, 0.1) is 13.8 Å². The maximum Gasteiger partial charge on any atom is 0.267 e. The van der Waals surface area contributed by atoms with E-state index in [1.54, 1.807) is 16.9 Å². The molecule has 0 bridgehead atoms. The highest BCUT2D eigenvalue weighted by molar-refractivity contribution is 8.00. The molecule has 1 N–H and O–H groups in total. The van der Waals surface area contributed by atoms with Crippen LogP contribution in [0.5, 0.6) is 0 Å². The Hall–Kier alpha value is -2.84. The second-order valence-corrected chi connectivity index (χ2v) is 10.1. The number of hydrogen-bond donors (Lipinski definition) is 1. The van der Waals surface area contributed by atoms with Crippen molar-refractivity contribution in [2.45, 2.75) is 51.1 Å². The van der Waals surface area contributed by atoms with Gasteiger partial charge in [0.25, 0.3) is 5.56 Å². The van der Waals surface area contributed by atoms with E-state index in [0.717, 1.165) is 32.9 Å². The normalized spacial score (nSPS) is 12.2. The van der Waals surface area contributed by atoms with Crippen LogP contribution in [-0.4, -0.2) is 20.7 Å². The number of fused-ring (bicyclic) bond motifs is 1. The number of carbonyl (C=O) groups excluding carboxylic acids is 1. The van der Waals surface area contributed by atoms with Gasteiger partial charge in [-0.1, -0.05) is 30.8 Å². The molecule has 4 rings (SSSR count). The number of amides is 1. The third kappa shape index (κ3) is 4.38. The van der Waals surface area contributed by atoms with Crippen LogP contribution >= 0.6 is 23.1 Å². The Bertz CT molecular complexity index is 1320. The Morgan fingerprint density at radius 2 is 2.09 bits per heavy atom. The summed E-state index contributed by atoms with van der Waals surface area (Å²) in [6.45, 7) is 8.20. The fourth-order valence-electron chi connectivity index (χ4n) is 3.64. The first-order chi connectivity index (χ1) is 15.4. The predicted molar refractivity (Wildman–Crippen MR) is 130 cm³/mol. The van der Waals surface area contributed by atoms with Gasteiger partial charge in [-0.15, -0.1) is 11.3 Å². The van der Waals surface area contributed by atoms with Crippen molar-refractivity contribution < 1.29 is 9.21 Å². The molecule has 0 saturated heterocycles. The SMILES string of the molecule is CCc1c(C)sc2nc(SC(C)C(=O)NCc3ccco3)n(-c3cccc(C)c3)c(=O)c12. The van der Waals surface area contributed by atoms with Crippen molar-refractivity contribution in [2.75, 3.05) is 0 Å². The predicted octanol–water partition coefficient (Wildman–Crippen LogP) is 5.02. The first-order valence-electron chi connectivity index (χ1n) is 10.5. The monoisotopic (exact) mass is 467 g/mol. The van der Waals surface area contributed by atoms with Crippen LogP contribution < -0.4 is 10.9 Å². The quantitative estimate of drug-likeness (QED) is 0.305. The van der Waals surface area contributed by atoms with E-state index in [-0.39, 0.29) is 11.5 Å². The van der Waals surface area contributed by atoms with E-state index < -0.39 is 5.25 Å². The molecule has 166 valence electrons. The van der Waals surface area contributed by atoms with Gasteiger partial charge in [-0.05, 0) is 62.6 Å². The molecule has 1 atom stereocenters. The van der Waals surface area contributed by atoms with E-state index in [9.17, 15) is 9.59 Å². The third-order valence-electron chi connectivity index (χ3n) is 5.28. The van der Waals surface area contributed by atoms with Crippen molar-refractivity contribution in [3.05, 3.63) is 74.8 Å². The smallest absolute Gasteiger partial charge is 0.267 e. The Morgan fingerprint density at radius 1 is 1.28 bits per heavy atom. The molecule has 1 aromatic carbocycles. The molecule has 3 aromatic heterocycles. The van der Waals surface area contributed by atoms with Crippen LogP contribution in [0.25, 0.3) is 15.9 Å². The van der Waals surface area contributed by atoms with Gasteiger partial charge in [0.2, 0.25) is 5.91 Å². The van der Waals surface area contributed by atoms with Gasteiger partial charge >= 0.3 is 0 Å². The maximum absolute atomic E-state index is 13.7.